The van der Waals surface area contributed by atoms with E-state index in [9.17, 15) is 0 Å². The Labute approximate surface area is 135 Å². The summed E-state index contributed by atoms with van der Waals surface area (Å²) in [7, 11) is 1.65. The van der Waals surface area contributed by atoms with E-state index in [1.807, 2.05) is 12.1 Å². The first-order valence-electron chi connectivity index (χ1n) is 6.20. The van der Waals surface area contributed by atoms with Crippen LogP contribution < -0.4 is 5.32 Å². The Morgan fingerprint density at radius 3 is 2.80 bits per heavy atom. The quantitative estimate of drug-likeness (QED) is 0.801. The largest absolute Gasteiger partial charge is 0.378 e. The first-order valence-corrected chi connectivity index (χ1v) is 8.19. The molecule has 0 radical (unpaired) electrons. The Bertz CT molecular complexity index is 591. The molecule has 0 saturated carbocycles. The van der Waals surface area contributed by atoms with Gasteiger partial charge in [-0.15, -0.1) is 11.3 Å². The van der Waals surface area contributed by atoms with Crippen LogP contribution in [0.4, 0.5) is 5.82 Å². The minimum atomic E-state index is 0.427. The summed E-state index contributed by atoms with van der Waals surface area (Å²) in [6.45, 7) is 3.39. The van der Waals surface area contributed by atoms with E-state index >= 15 is 0 Å². The molecule has 0 bridgehead atoms. The van der Waals surface area contributed by atoms with Crippen molar-refractivity contribution in [3.8, 4) is 10.7 Å². The monoisotopic (exact) mass is 375 g/mol. The number of aromatic nitrogens is 2. The van der Waals surface area contributed by atoms with Crippen molar-refractivity contribution >= 4 is 44.7 Å². The van der Waals surface area contributed by atoms with Crippen LogP contribution in [0.2, 0.25) is 4.34 Å². The molecule has 0 aliphatic heterocycles. The molecule has 2 aromatic heterocycles. The van der Waals surface area contributed by atoms with Gasteiger partial charge in [-0.2, -0.15) is 0 Å². The van der Waals surface area contributed by atoms with Crippen molar-refractivity contribution in [2.24, 2.45) is 0 Å². The van der Waals surface area contributed by atoms with Crippen molar-refractivity contribution in [1.29, 1.82) is 0 Å². The molecule has 0 spiro atoms. The van der Waals surface area contributed by atoms with Gasteiger partial charge >= 0.3 is 0 Å². The standard InChI is InChI=1S/C13H15BrClN3OS/c1-3-6-16-13-11(14)8(7-19-2)17-12(18-13)9-4-5-10(15)20-9/h4-5H,3,6-7H2,1-2H3,(H,16,17,18). The van der Waals surface area contributed by atoms with Crippen molar-refractivity contribution in [3.05, 3.63) is 26.6 Å². The number of thiophene rings is 1. The minimum absolute atomic E-state index is 0.427. The fourth-order valence-corrected chi connectivity index (χ4v) is 3.04. The van der Waals surface area contributed by atoms with Gasteiger partial charge in [0.1, 0.15) is 5.82 Å². The van der Waals surface area contributed by atoms with E-state index in [4.69, 9.17) is 16.3 Å². The maximum Gasteiger partial charge on any atom is 0.172 e. The zero-order chi connectivity index (χ0) is 14.5. The van der Waals surface area contributed by atoms with Gasteiger partial charge in [-0.1, -0.05) is 18.5 Å². The van der Waals surface area contributed by atoms with E-state index in [1.54, 1.807) is 7.11 Å². The summed E-state index contributed by atoms with van der Waals surface area (Å²) in [5.41, 5.74) is 0.820. The van der Waals surface area contributed by atoms with Crippen molar-refractivity contribution in [2.75, 3.05) is 19.0 Å². The molecule has 0 aliphatic carbocycles. The number of rotatable bonds is 6. The van der Waals surface area contributed by atoms with Gasteiger partial charge < -0.3 is 10.1 Å². The summed E-state index contributed by atoms with van der Waals surface area (Å²) in [6, 6.07) is 3.78. The lowest BCUT2D eigenvalue weighted by atomic mass is 10.3. The van der Waals surface area contributed by atoms with Crippen LogP contribution in [0.15, 0.2) is 16.6 Å². The molecule has 0 unspecified atom stereocenters. The molecule has 0 saturated heterocycles. The zero-order valence-corrected chi connectivity index (χ0v) is 14.4. The molecule has 1 N–H and O–H groups in total. The van der Waals surface area contributed by atoms with E-state index in [2.05, 4.69) is 38.1 Å². The molecule has 2 rings (SSSR count). The summed E-state index contributed by atoms with van der Waals surface area (Å²) < 4.78 is 6.76. The van der Waals surface area contributed by atoms with Crippen molar-refractivity contribution < 1.29 is 4.74 Å². The molecule has 7 heteroatoms. The van der Waals surface area contributed by atoms with Gasteiger partial charge in [0.2, 0.25) is 0 Å². The number of hydrogen-bond donors (Lipinski definition) is 1. The first-order chi connectivity index (χ1) is 9.65. The van der Waals surface area contributed by atoms with Crippen LogP contribution in [0.5, 0.6) is 0 Å². The Kier molecular flexibility index (Phi) is 5.77. The predicted molar refractivity (Wildman–Crippen MR) is 87.5 cm³/mol. The lowest BCUT2D eigenvalue weighted by Crippen LogP contribution is -2.07. The third-order valence-corrected chi connectivity index (χ3v) is 4.60. The maximum absolute atomic E-state index is 5.98. The van der Waals surface area contributed by atoms with Gasteiger partial charge in [-0.05, 0) is 34.5 Å². The topological polar surface area (TPSA) is 47.0 Å². The van der Waals surface area contributed by atoms with E-state index in [-0.39, 0.29) is 0 Å². The lowest BCUT2D eigenvalue weighted by molar-refractivity contribution is 0.181. The lowest BCUT2D eigenvalue weighted by Gasteiger charge is -2.11. The Morgan fingerprint density at radius 1 is 1.40 bits per heavy atom. The fraction of sp³-hybridized carbons (Fsp3) is 0.385. The maximum atomic E-state index is 5.98. The molecule has 2 heterocycles. The molecule has 0 fully saturated rings. The Morgan fingerprint density at radius 2 is 2.20 bits per heavy atom. The van der Waals surface area contributed by atoms with Gasteiger partial charge in [0.25, 0.3) is 0 Å². The molecule has 0 aromatic carbocycles. The van der Waals surface area contributed by atoms with E-state index < -0.39 is 0 Å². The Hall–Kier alpha value is -0.690. The molecule has 20 heavy (non-hydrogen) atoms. The second kappa shape index (κ2) is 7.36. The van der Waals surface area contributed by atoms with Crippen LogP contribution >= 0.6 is 38.9 Å². The summed E-state index contributed by atoms with van der Waals surface area (Å²) in [5, 5.41) is 3.30. The van der Waals surface area contributed by atoms with Gasteiger partial charge in [0, 0.05) is 13.7 Å². The number of halogens is 2. The summed E-state index contributed by atoms with van der Waals surface area (Å²) in [6.07, 6.45) is 1.02. The van der Waals surface area contributed by atoms with Crippen LogP contribution in [0.25, 0.3) is 10.7 Å². The van der Waals surface area contributed by atoms with Crippen LogP contribution in [0, 0.1) is 0 Å². The third kappa shape index (κ3) is 3.69. The van der Waals surface area contributed by atoms with Crippen LogP contribution in [-0.2, 0) is 11.3 Å². The molecule has 4 nitrogen and oxygen atoms in total. The molecular weight excluding hydrogens is 362 g/mol. The normalized spacial score (nSPS) is 10.8. The van der Waals surface area contributed by atoms with Crippen molar-refractivity contribution in [2.45, 2.75) is 20.0 Å². The number of nitrogens with one attached hydrogen (secondary N) is 1. The van der Waals surface area contributed by atoms with Crippen molar-refractivity contribution in [3.63, 3.8) is 0 Å². The van der Waals surface area contributed by atoms with Crippen LogP contribution in [0.1, 0.15) is 19.0 Å². The SMILES string of the molecule is CCCNc1nc(-c2ccc(Cl)s2)nc(COC)c1Br. The van der Waals surface area contributed by atoms with Gasteiger partial charge in [0.15, 0.2) is 5.82 Å². The molecule has 0 aliphatic rings. The Balaban J connectivity index is 2.43. The first kappa shape index (κ1) is 15.7. The van der Waals surface area contributed by atoms with E-state index in [0.29, 0.717) is 12.4 Å². The molecule has 2 aromatic rings. The smallest absolute Gasteiger partial charge is 0.172 e. The molecule has 108 valence electrons. The molecule has 0 atom stereocenters. The third-order valence-electron chi connectivity index (χ3n) is 2.54. The summed E-state index contributed by atoms with van der Waals surface area (Å²) >= 11 is 11.0. The average Bonchev–Trinajstić information content (AvgIpc) is 2.86. The van der Waals surface area contributed by atoms with Crippen molar-refractivity contribution in [1.82, 2.24) is 9.97 Å². The fourth-order valence-electron chi connectivity index (χ4n) is 1.63. The number of nitrogens with zero attached hydrogens (tertiary/aromatic N) is 2. The van der Waals surface area contributed by atoms with E-state index in [0.717, 1.165) is 38.2 Å². The molecule has 0 amide bonds. The number of hydrogen-bond acceptors (Lipinski definition) is 5. The minimum Gasteiger partial charge on any atom is -0.378 e. The second-order valence-corrected chi connectivity index (χ2v) is 6.63. The van der Waals surface area contributed by atoms with Gasteiger partial charge in [0.05, 0.1) is 26.0 Å². The highest BCUT2D eigenvalue weighted by Crippen LogP contribution is 2.32. The van der Waals surface area contributed by atoms with Crippen LogP contribution in [-0.4, -0.2) is 23.6 Å². The highest BCUT2D eigenvalue weighted by atomic mass is 79.9. The highest BCUT2D eigenvalue weighted by Gasteiger charge is 2.14. The highest BCUT2D eigenvalue weighted by molar-refractivity contribution is 9.10. The zero-order valence-electron chi connectivity index (χ0n) is 11.2. The molecular formula is C13H15BrClN3OS. The van der Waals surface area contributed by atoms with Crippen LogP contribution in [0.3, 0.4) is 0 Å². The van der Waals surface area contributed by atoms with Gasteiger partial charge in [-0.25, -0.2) is 9.97 Å². The number of methoxy groups -OCH3 is 1. The number of anilines is 1. The second-order valence-electron chi connectivity index (χ2n) is 4.12. The summed E-state index contributed by atoms with van der Waals surface area (Å²) in [5.74, 6) is 1.45. The summed E-state index contributed by atoms with van der Waals surface area (Å²) in [4.78, 5) is 10.1. The van der Waals surface area contributed by atoms with Gasteiger partial charge in [-0.3, -0.25) is 0 Å². The number of ether oxygens (including phenoxy) is 1. The predicted octanol–water partition coefficient (Wildman–Crippen LogP) is 4.59. The van der Waals surface area contributed by atoms with E-state index in [1.165, 1.54) is 11.3 Å². The average molecular weight is 377 g/mol.